The second kappa shape index (κ2) is 13.1. The van der Waals surface area contributed by atoms with Crippen molar-refractivity contribution in [1.29, 1.82) is 0 Å². The van der Waals surface area contributed by atoms with E-state index in [1.165, 1.54) is 25.6 Å². The van der Waals surface area contributed by atoms with Crippen molar-refractivity contribution in [3.05, 3.63) is 87.8 Å². The summed E-state index contributed by atoms with van der Waals surface area (Å²) >= 11 is 1.20. The molecule has 2 heterocycles. The second-order valence-corrected chi connectivity index (χ2v) is 13.1. The predicted molar refractivity (Wildman–Crippen MR) is 181 cm³/mol. The highest BCUT2D eigenvalue weighted by Gasteiger charge is 2.49. The Morgan fingerprint density at radius 3 is 2.53 bits per heavy atom. The molecular weight excluding hydrogens is 618 g/mol. The summed E-state index contributed by atoms with van der Waals surface area (Å²) in [5.74, 6) is 0.291. The number of nitrogen functional groups attached to an aromatic ring is 1. The van der Waals surface area contributed by atoms with Gasteiger partial charge in [0, 0.05) is 50.0 Å². The Labute approximate surface area is 276 Å². The zero-order chi connectivity index (χ0) is 33.5. The standard InChI is InChI=1S/C35H39N5O6S/c1-19-16-22(46-21-9-5-4-6-10-21)11-12-23(19)35(38)24-13-14-25(36)30-27(24)28(29(37)32(35)41)31(47-30)33(42)39-20-8-7-15-40(17-20)34(43)26(45-3)18-44-2/h4-6,9-14,16,20,26,29H,7-8,15,17-18,36-38H2,1-3H3,(H,39,42)/t20-,26+,29?,35?/m1/s1. The molecule has 7 N–H and O–H groups in total. The van der Waals surface area contributed by atoms with Gasteiger partial charge in [-0.1, -0.05) is 30.3 Å². The van der Waals surface area contributed by atoms with Crippen LogP contribution in [0.1, 0.15) is 50.8 Å². The van der Waals surface area contributed by atoms with Gasteiger partial charge in [0.05, 0.1) is 22.2 Å². The number of amides is 2. The minimum Gasteiger partial charge on any atom is -0.457 e. The summed E-state index contributed by atoms with van der Waals surface area (Å²) in [5, 5.41) is 3.71. The Morgan fingerprint density at radius 1 is 1.09 bits per heavy atom. The summed E-state index contributed by atoms with van der Waals surface area (Å²) < 4.78 is 17.1. The molecule has 1 aliphatic heterocycles. The number of nitrogens with two attached hydrogens (primary N) is 3. The minimum atomic E-state index is -1.59. The summed E-state index contributed by atoms with van der Waals surface area (Å²) in [6, 6.07) is 16.8. The van der Waals surface area contributed by atoms with Gasteiger partial charge in [-0.2, -0.15) is 0 Å². The largest absolute Gasteiger partial charge is 0.457 e. The van der Waals surface area contributed by atoms with E-state index < -0.39 is 23.5 Å². The summed E-state index contributed by atoms with van der Waals surface area (Å²) in [7, 11) is 2.98. The van der Waals surface area contributed by atoms with Crippen LogP contribution in [0.25, 0.3) is 10.1 Å². The molecule has 246 valence electrons. The zero-order valence-corrected chi connectivity index (χ0v) is 27.4. The number of nitrogens with zero attached hydrogens (tertiary/aromatic N) is 1. The van der Waals surface area contributed by atoms with Gasteiger partial charge < -0.3 is 41.6 Å². The van der Waals surface area contributed by atoms with Crippen molar-refractivity contribution < 1.29 is 28.6 Å². The number of hydrogen-bond donors (Lipinski definition) is 4. The van der Waals surface area contributed by atoms with Crippen molar-refractivity contribution in [2.24, 2.45) is 11.5 Å². The molecule has 2 aliphatic rings. The molecule has 12 heteroatoms. The highest BCUT2D eigenvalue weighted by atomic mass is 32.1. The summed E-state index contributed by atoms with van der Waals surface area (Å²) in [4.78, 5) is 43.2. The van der Waals surface area contributed by atoms with Crippen LogP contribution >= 0.6 is 11.3 Å². The van der Waals surface area contributed by atoms with E-state index in [9.17, 15) is 14.4 Å². The van der Waals surface area contributed by atoms with E-state index in [-0.39, 0.29) is 24.5 Å². The average molecular weight is 658 g/mol. The zero-order valence-electron chi connectivity index (χ0n) is 26.6. The summed E-state index contributed by atoms with van der Waals surface area (Å²) in [6.45, 7) is 2.89. The fraction of sp³-hybridized carbons (Fsp3) is 0.343. The number of Topliss-reactive ketones (excluding diaryl/α,β-unsaturated/α-hetero) is 1. The summed E-state index contributed by atoms with van der Waals surface area (Å²) in [6.07, 6.45) is 0.670. The van der Waals surface area contributed by atoms with Crippen molar-refractivity contribution in [2.75, 3.05) is 39.6 Å². The number of anilines is 1. The number of ether oxygens (including phenoxy) is 3. The van der Waals surface area contributed by atoms with Gasteiger partial charge in [0.1, 0.15) is 17.0 Å². The molecule has 1 fully saturated rings. The number of carbonyl (C=O) groups is 3. The van der Waals surface area contributed by atoms with E-state index in [2.05, 4.69) is 5.32 Å². The number of hydrogen-bond acceptors (Lipinski definition) is 10. The van der Waals surface area contributed by atoms with Gasteiger partial charge in [-0.15, -0.1) is 11.3 Å². The van der Waals surface area contributed by atoms with Crippen LogP contribution < -0.4 is 27.3 Å². The number of thiophene rings is 1. The molecular formula is C35H39N5O6S. The molecule has 1 saturated heterocycles. The van der Waals surface area contributed by atoms with Crippen LogP contribution in [0.5, 0.6) is 11.5 Å². The Hall–Kier alpha value is -4.33. The lowest BCUT2D eigenvalue weighted by Gasteiger charge is -2.37. The number of carbonyl (C=O) groups excluding carboxylic acids is 3. The number of piperidine rings is 1. The maximum absolute atomic E-state index is 14.3. The minimum absolute atomic E-state index is 0.136. The smallest absolute Gasteiger partial charge is 0.262 e. The Balaban J connectivity index is 1.33. The number of ketones is 1. The molecule has 0 bridgehead atoms. The van der Waals surface area contributed by atoms with Crippen LogP contribution in [0.2, 0.25) is 0 Å². The van der Waals surface area contributed by atoms with Gasteiger partial charge in [-0.3, -0.25) is 14.4 Å². The topological polar surface area (TPSA) is 172 Å². The molecule has 1 aromatic heterocycles. The molecule has 2 unspecified atom stereocenters. The summed E-state index contributed by atoms with van der Waals surface area (Å²) in [5.41, 5.74) is 21.4. The molecule has 3 aromatic carbocycles. The number of aryl methyl sites for hydroxylation is 1. The first-order chi connectivity index (χ1) is 22.6. The van der Waals surface area contributed by atoms with E-state index in [1.807, 2.05) is 43.3 Å². The molecule has 47 heavy (non-hydrogen) atoms. The van der Waals surface area contributed by atoms with Crippen LogP contribution in [-0.2, 0) is 24.6 Å². The lowest BCUT2D eigenvalue weighted by molar-refractivity contribution is -0.146. The van der Waals surface area contributed by atoms with Gasteiger partial charge in [-0.25, -0.2) is 0 Å². The van der Waals surface area contributed by atoms with E-state index in [0.717, 1.165) is 5.56 Å². The normalized spacial score (nSPS) is 21.5. The number of para-hydroxylation sites is 1. The number of nitrogens with one attached hydrogen (secondary N) is 1. The number of rotatable bonds is 9. The lowest BCUT2D eigenvalue weighted by atomic mass is 9.69. The molecule has 0 radical (unpaired) electrons. The molecule has 1 aliphatic carbocycles. The molecule has 4 atom stereocenters. The number of methoxy groups -OCH3 is 2. The lowest BCUT2D eigenvalue weighted by Crippen LogP contribution is -2.54. The van der Waals surface area contributed by atoms with Gasteiger partial charge in [0.2, 0.25) is 0 Å². The molecule has 4 aromatic rings. The maximum Gasteiger partial charge on any atom is 0.262 e. The Kier molecular flexibility index (Phi) is 9.05. The van der Waals surface area contributed by atoms with Crippen molar-refractivity contribution in [3.8, 4) is 11.5 Å². The van der Waals surface area contributed by atoms with Crippen LogP contribution in [0, 0.1) is 6.92 Å². The van der Waals surface area contributed by atoms with Gasteiger partial charge in [0.15, 0.2) is 11.9 Å². The van der Waals surface area contributed by atoms with Crippen molar-refractivity contribution in [3.63, 3.8) is 0 Å². The van der Waals surface area contributed by atoms with E-state index in [1.54, 1.807) is 29.2 Å². The van der Waals surface area contributed by atoms with Gasteiger partial charge in [-0.05, 0) is 66.8 Å². The molecule has 2 amide bonds. The highest BCUT2D eigenvalue weighted by Crippen LogP contribution is 2.50. The van der Waals surface area contributed by atoms with Gasteiger partial charge >= 0.3 is 0 Å². The van der Waals surface area contributed by atoms with Crippen molar-refractivity contribution in [1.82, 2.24) is 10.2 Å². The molecule has 11 nitrogen and oxygen atoms in total. The third kappa shape index (κ3) is 5.76. The monoisotopic (exact) mass is 657 g/mol. The molecule has 6 rings (SSSR count). The second-order valence-electron chi connectivity index (χ2n) is 12.1. The third-order valence-electron chi connectivity index (χ3n) is 9.07. The molecule has 0 saturated carbocycles. The van der Waals surface area contributed by atoms with Crippen LogP contribution in [0.4, 0.5) is 5.69 Å². The predicted octanol–water partition coefficient (Wildman–Crippen LogP) is 3.75. The van der Waals surface area contributed by atoms with Crippen molar-refractivity contribution >= 4 is 44.7 Å². The SMILES string of the molecule is COC[C@H](OC)C(=O)N1CCC[C@@H](NC(=O)c2sc3c(N)ccc4c3c2C(N)C(=O)C4(N)c2ccc(Oc3ccccc3)cc2C)C1. The number of benzene rings is 3. The van der Waals surface area contributed by atoms with E-state index in [4.69, 9.17) is 31.4 Å². The van der Waals surface area contributed by atoms with Crippen LogP contribution in [0.15, 0.2) is 60.7 Å². The quantitative estimate of drug-likeness (QED) is 0.196. The van der Waals surface area contributed by atoms with Crippen LogP contribution in [0.3, 0.4) is 0 Å². The fourth-order valence-electron chi connectivity index (χ4n) is 6.74. The Morgan fingerprint density at radius 2 is 1.83 bits per heavy atom. The molecule has 0 spiro atoms. The number of likely N-dealkylation sites (tertiary alicyclic amines) is 1. The fourth-order valence-corrected chi connectivity index (χ4v) is 7.94. The van der Waals surface area contributed by atoms with Crippen LogP contribution in [-0.4, -0.2) is 68.6 Å². The Bertz CT molecular complexity index is 1850. The van der Waals surface area contributed by atoms with Crippen molar-refractivity contribution in [2.45, 2.75) is 43.5 Å². The highest BCUT2D eigenvalue weighted by molar-refractivity contribution is 7.21. The first-order valence-corrected chi connectivity index (χ1v) is 16.3. The third-order valence-corrected chi connectivity index (χ3v) is 10.3. The maximum atomic E-state index is 14.3. The average Bonchev–Trinajstić information content (AvgIpc) is 3.48. The van der Waals surface area contributed by atoms with Gasteiger partial charge in [0.25, 0.3) is 11.8 Å². The first kappa shape index (κ1) is 32.6. The van der Waals surface area contributed by atoms with E-state index >= 15 is 0 Å². The van der Waals surface area contributed by atoms with E-state index in [0.29, 0.717) is 74.8 Å². The first-order valence-electron chi connectivity index (χ1n) is 15.5.